The number of aliphatic hydroxyl groups is 1. The van der Waals surface area contributed by atoms with Crippen LogP contribution in [0.5, 0.6) is 5.75 Å². The Kier molecular flexibility index (Phi) is 5.20. The Balaban J connectivity index is 1.96. The van der Waals surface area contributed by atoms with Crippen LogP contribution < -0.4 is 4.90 Å². The zero-order valence-electron chi connectivity index (χ0n) is 15.7. The quantitative estimate of drug-likeness (QED) is 0.342. The fourth-order valence-electron chi connectivity index (χ4n) is 3.49. The normalized spacial score (nSPS) is 17.9. The topological polar surface area (TPSA) is 77.8 Å². The zero-order chi connectivity index (χ0) is 22.3. The first-order valence-electron chi connectivity index (χ1n) is 9.09. The number of rotatable bonds is 3. The molecule has 1 unspecified atom stereocenters. The van der Waals surface area contributed by atoms with Crippen molar-refractivity contribution in [3.05, 3.63) is 100 Å². The number of nitrogens with zero attached hydrogens (tertiary/aromatic N) is 1. The number of benzene rings is 3. The smallest absolute Gasteiger partial charge is 0.300 e. The fraction of sp³-hybridized carbons (Fsp3) is 0.0435. The second kappa shape index (κ2) is 7.85. The van der Waals surface area contributed by atoms with Crippen LogP contribution >= 0.6 is 11.6 Å². The van der Waals surface area contributed by atoms with Gasteiger partial charge < -0.3 is 10.2 Å². The van der Waals surface area contributed by atoms with Gasteiger partial charge >= 0.3 is 0 Å². The molecular formula is C23H14ClF2NO4. The Morgan fingerprint density at radius 2 is 1.58 bits per heavy atom. The van der Waals surface area contributed by atoms with Crippen molar-refractivity contribution in [1.29, 1.82) is 0 Å². The number of carbonyl (C=O) groups is 2. The van der Waals surface area contributed by atoms with E-state index in [1.807, 2.05) is 0 Å². The molecule has 8 heteroatoms. The van der Waals surface area contributed by atoms with Gasteiger partial charge in [0.25, 0.3) is 11.7 Å². The highest BCUT2D eigenvalue weighted by Crippen LogP contribution is 2.43. The van der Waals surface area contributed by atoms with E-state index in [4.69, 9.17) is 11.6 Å². The molecular weight excluding hydrogens is 428 g/mol. The molecule has 0 saturated carbocycles. The Labute approximate surface area is 180 Å². The summed E-state index contributed by atoms with van der Waals surface area (Å²) < 4.78 is 28.0. The number of anilines is 1. The van der Waals surface area contributed by atoms with Crippen molar-refractivity contribution >= 4 is 34.7 Å². The average Bonchev–Trinajstić information content (AvgIpc) is 3.00. The van der Waals surface area contributed by atoms with Gasteiger partial charge in [-0.2, -0.15) is 0 Å². The third kappa shape index (κ3) is 3.64. The van der Waals surface area contributed by atoms with Crippen molar-refractivity contribution in [2.45, 2.75) is 6.04 Å². The first-order valence-corrected chi connectivity index (χ1v) is 9.46. The number of aromatic hydroxyl groups is 1. The maximum absolute atomic E-state index is 14.6. The molecule has 3 aromatic rings. The largest absolute Gasteiger partial charge is 0.508 e. The predicted octanol–water partition coefficient (Wildman–Crippen LogP) is 4.95. The fourth-order valence-corrected chi connectivity index (χ4v) is 3.62. The van der Waals surface area contributed by atoms with Gasteiger partial charge in [-0.1, -0.05) is 23.7 Å². The maximum Gasteiger partial charge on any atom is 0.300 e. The highest BCUT2D eigenvalue weighted by Gasteiger charge is 2.47. The number of carbonyl (C=O) groups excluding carboxylic acids is 2. The van der Waals surface area contributed by atoms with Crippen LogP contribution in [-0.4, -0.2) is 21.9 Å². The van der Waals surface area contributed by atoms with Crippen molar-refractivity contribution in [3.63, 3.8) is 0 Å². The molecule has 0 aliphatic carbocycles. The van der Waals surface area contributed by atoms with Gasteiger partial charge in [-0.05, 0) is 54.1 Å². The number of halogens is 3. The molecule has 1 aliphatic rings. The van der Waals surface area contributed by atoms with Crippen LogP contribution in [0.25, 0.3) is 5.76 Å². The van der Waals surface area contributed by atoms with Crippen LogP contribution in [0.4, 0.5) is 14.5 Å². The Morgan fingerprint density at radius 1 is 0.935 bits per heavy atom. The molecule has 156 valence electrons. The van der Waals surface area contributed by atoms with Crippen LogP contribution in [0.2, 0.25) is 5.02 Å². The molecule has 0 spiro atoms. The van der Waals surface area contributed by atoms with Gasteiger partial charge in [-0.25, -0.2) is 8.78 Å². The van der Waals surface area contributed by atoms with Gasteiger partial charge in [0.1, 0.15) is 23.1 Å². The number of Topliss-reactive ketones (excluding diaryl/α,β-unsaturated/α-hetero) is 1. The van der Waals surface area contributed by atoms with E-state index in [0.717, 1.165) is 17.0 Å². The lowest BCUT2D eigenvalue weighted by molar-refractivity contribution is -0.132. The van der Waals surface area contributed by atoms with Crippen molar-refractivity contribution in [2.24, 2.45) is 0 Å². The number of hydrogen-bond acceptors (Lipinski definition) is 4. The molecule has 1 amide bonds. The molecule has 0 aromatic heterocycles. The second-order valence-corrected chi connectivity index (χ2v) is 7.30. The summed E-state index contributed by atoms with van der Waals surface area (Å²) in [6, 6.07) is 12.9. The molecule has 2 N–H and O–H groups in total. The summed E-state index contributed by atoms with van der Waals surface area (Å²) >= 11 is 5.88. The predicted molar refractivity (Wildman–Crippen MR) is 111 cm³/mol. The lowest BCUT2D eigenvalue weighted by Gasteiger charge is -2.25. The van der Waals surface area contributed by atoms with Crippen LogP contribution in [0.3, 0.4) is 0 Å². The Morgan fingerprint density at radius 3 is 2.19 bits per heavy atom. The van der Waals surface area contributed by atoms with Crippen LogP contribution in [0.15, 0.2) is 72.3 Å². The van der Waals surface area contributed by atoms with Gasteiger partial charge in [0.15, 0.2) is 0 Å². The first kappa shape index (κ1) is 20.6. The molecule has 1 saturated heterocycles. The second-order valence-electron chi connectivity index (χ2n) is 6.86. The highest BCUT2D eigenvalue weighted by molar-refractivity contribution is 6.51. The Bertz CT molecular complexity index is 1220. The van der Waals surface area contributed by atoms with E-state index in [1.54, 1.807) is 0 Å². The molecule has 3 aromatic carbocycles. The first-order chi connectivity index (χ1) is 14.8. The molecule has 5 nitrogen and oxygen atoms in total. The van der Waals surface area contributed by atoms with Crippen LogP contribution in [0.1, 0.15) is 17.2 Å². The van der Waals surface area contributed by atoms with Gasteiger partial charge in [0.2, 0.25) is 0 Å². The molecule has 4 rings (SSSR count). The number of phenolic OH excluding ortho intramolecular Hbond substituents is 1. The van der Waals surface area contributed by atoms with Gasteiger partial charge in [-0.15, -0.1) is 0 Å². The van der Waals surface area contributed by atoms with Gasteiger partial charge in [0, 0.05) is 16.7 Å². The summed E-state index contributed by atoms with van der Waals surface area (Å²) in [5, 5.41) is 20.9. The summed E-state index contributed by atoms with van der Waals surface area (Å²) in [5.41, 5.74) is -0.0412. The van der Waals surface area contributed by atoms with E-state index in [2.05, 4.69) is 0 Å². The minimum atomic E-state index is -1.21. The number of aliphatic hydroxyl groups excluding tert-OH is 1. The van der Waals surface area contributed by atoms with E-state index in [0.29, 0.717) is 16.7 Å². The van der Waals surface area contributed by atoms with Crippen molar-refractivity contribution < 1.29 is 28.6 Å². The summed E-state index contributed by atoms with van der Waals surface area (Å²) in [7, 11) is 0. The standard InChI is InChI=1S/C23H14ClF2NO4/c24-14-5-1-13(2-6-14)21(29)19-20(12-3-8-16(28)9-4-12)27(23(31)22(19)30)18-10-7-15(25)11-17(18)26/h1-11,20,28-29H/b21-19+. The molecule has 1 fully saturated rings. The van der Waals surface area contributed by atoms with E-state index < -0.39 is 35.1 Å². The van der Waals surface area contributed by atoms with E-state index >= 15 is 0 Å². The third-order valence-electron chi connectivity index (χ3n) is 4.94. The summed E-state index contributed by atoms with van der Waals surface area (Å²) in [6.45, 7) is 0. The van der Waals surface area contributed by atoms with Crippen molar-refractivity contribution in [1.82, 2.24) is 0 Å². The number of ketones is 1. The van der Waals surface area contributed by atoms with Crippen molar-refractivity contribution in [3.8, 4) is 5.75 Å². The molecule has 1 atom stereocenters. The zero-order valence-corrected chi connectivity index (χ0v) is 16.5. The monoisotopic (exact) mass is 441 g/mol. The SMILES string of the molecule is O=C1C(=O)N(c2ccc(F)cc2F)C(c2ccc(O)cc2)/C1=C(\O)c1ccc(Cl)cc1. The minimum Gasteiger partial charge on any atom is -0.508 e. The summed E-state index contributed by atoms with van der Waals surface area (Å²) in [6.07, 6.45) is 0. The number of phenols is 1. The number of hydrogen-bond donors (Lipinski definition) is 2. The number of amides is 1. The molecule has 0 bridgehead atoms. The third-order valence-corrected chi connectivity index (χ3v) is 5.19. The molecule has 1 heterocycles. The van der Waals surface area contributed by atoms with E-state index in [-0.39, 0.29) is 22.6 Å². The van der Waals surface area contributed by atoms with Gasteiger partial charge in [0.05, 0.1) is 17.3 Å². The maximum atomic E-state index is 14.6. The highest BCUT2D eigenvalue weighted by atomic mass is 35.5. The van der Waals surface area contributed by atoms with E-state index in [1.165, 1.54) is 48.5 Å². The lowest BCUT2D eigenvalue weighted by atomic mass is 9.95. The summed E-state index contributed by atoms with van der Waals surface area (Å²) in [4.78, 5) is 26.7. The summed E-state index contributed by atoms with van der Waals surface area (Å²) in [5.74, 6) is -4.55. The van der Waals surface area contributed by atoms with Crippen LogP contribution in [-0.2, 0) is 9.59 Å². The minimum absolute atomic E-state index is 0.0636. The van der Waals surface area contributed by atoms with Gasteiger partial charge in [-0.3, -0.25) is 14.5 Å². The lowest BCUT2D eigenvalue weighted by Crippen LogP contribution is -2.30. The van der Waals surface area contributed by atoms with Crippen LogP contribution in [0, 0.1) is 11.6 Å². The molecule has 0 radical (unpaired) electrons. The molecule has 1 aliphatic heterocycles. The van der Waals surface area contributed by atoms with Crippen molar-refractivity contribution in [2.75, 3.05) is 4.90 Å². The average molecular weight is 442 g/mol. The van der Waals surface area contributed by atoms with E-state index in [9.17, 15) is 28.6 Å². The molecule has 31 heavy (non-hydrogen) atoms. The Hall–Kier alpha value is -3.71.